The fourth-order valence-corrected chi connectivity index (χ4v) is 1.50. The van der Waals surface area contributed by atoms with E-state index in [0.29, 0.717) is 5.75 Å². The van der Waals surface area contributed by atoms with Crippen LogP contribution >= 0.6 is 0 Å². The van der Waals surface area contributed by atoms with Crippen molar-refractivity contribution in [1.29, 1.82) is 0 Å². The Morgan fingerprint density at radius 2 is 1.81 bits per heavy atom. The van der Waals surface area contributed by atoms with Gasteiger partial charge in [0.25, 0.3) is 0 Å². The van der Waals surface area contributed by atoms with Crippen molar-refractivity contribution in [2.24, 2.45) is 0 Å². The lowest BCUT2D eigenvalue weighted by molar-refractivity contribution is -0.121. The molecule has 0 N–H and O–H groups in total. The lowest BCUT2D eigenvalue weighted by Crippen LogP contribution is -2.27. The predicted octanol–water partition coefficient (Wildman–Crippen LogP) is 2.57. The molecule has 3 heteroatoms. The van der Waals surface area contributed by atoms with E-state index in [1.165, 1.54) is 0 Å². The van der Waals surface area contributed by atoms with Gasteiger partial charge in [0, 0.05) is 11.6 Å². The van der Waals surface area contributed by atoms with Gasteiger partial charge in [-0.15, -0.1) is 0 Å². The van der Waals surface area contributed by atoms with Crippen LogP contribution < -0.4 is 9.47 Å². The molecule has 0 aliphatic heterocycles. The highest BCUT2D eigenvalue weighted by molar-refractivity contribution is 5.88. The van der Waals surface area contributed by atoms with E-state index in [4.69, 9.17) is 9.47 Å². The Bertz CT molecular complexity index is 394. The average Bonchev–Trinajstić information content (AvgIpc) is 2.27. The Morgan fingerprint density at radius 3 is 2.25 bits per heavy atom. The van der Waals surface area contributed by atoms with Gasteiger partial charge in [0.15, 0.2) is 0 Å². The summed E-state index contributed by atoms with van der Waals surface area (Å²) in [5, 5.41) is 0. The fourth-order valence-electron chi connectivity index (χ4n) is 1.50. The van der Waals surface area contributed by atoms with Crippen molar-refractivity contribution < 1.29 is 14.3 Å². The molecule has 0 heterocycles. The van der Waals surface area contributed by atoms with Crippen LogP contribution in [0.5, 0.6) is 11.5 Å². The minimum absolute atomic E-state index is 0.107. The molecule has 16 heavy (non-hydrogen) atoms. The molecule has 0 bridgehead atoms. The van der Waals surface area contributed by atoms with Crippen LogP contribution in [-0.2, 0) is 10.2 Å². The number of ether oxygens (including phenoxy) is 2. The number of carbonyl (C=O) groups excluding carboxylic acids is 1. The van der Waals surface area contributed by atoms with Gasteiger partial charge < -0.3 is 9.47 Å². The maximum atomic E-state index is 11.6. The third-order valence-corrected chi connectivity index (χ3v) is 2.96. The van der Waals surface area contributed by atoms with Gasteiger partial charge in [-0.25, -0.2) is 0 Å². The quantitative estimate of drug-likeness (QED) is 0.785. The van der Waals surface area contributed by atoms with Crippen LogP contribution in [-0.4, -0.2) is 20.0 Å². The Labute approximate surface area is 96.4 Å². The Kier molecular flexibility index (Phi) is 3.58. The molecule has 0 aromatic heterocycles. The van der Waals surface area contributed by atoms with Crippen molar-refractivity contribution in [1.82, 2.24) is 0 Å². The first kappa shape index (κ1) is 12.6. The molecule has 3 nitrogen and oxygen atoms in total. The summed E-state index contributed by atoms with van der Waals surface area (Å²) < 4.78 is 10.4. The Hall–Kier alpha value is -1.51. The number of methoxy groups -OCH3 is 2. The first-order valence-corrected chi connectivity index (χ1v) is 5.17. The predicted molar refractivity (Wildman–Crippen MR) is 63.3 cm³/mol. The van der Waals surface area contributed by atoms with Crippen LogP contribution in [0.1, 0.15) is 26.3 Å². The monoisotopic (exact) mass is 222 g/mol. The molecule has 0 saturated heterocycles. The largest absolute Gasteiger partial charge is 0.497 e. The fraction of sp³-hybridized carbons (Fsp3) is 0.462. The van der Waals surface area contributed by atoms with Gasteiger partial charge in [0.2, 0.25) is 0 Å². The number of hydrogen-bond acceptors (Lipinski definition) is 3. The van der Waals surface area contributed by atoms with Gasteiger partial charge in [0.1, 0.15) is 17.3 Å². The molecule has 1 rings (SSSR count). The molecule has 0 amide bonds. The second kappa shape index (κ2) is 4.56. The Balaban J connectivity index is 3.28. The normalized spacial score (nSPS) is 11.1. The van der Waals surface area contributed by atoms with Crippen LogP contribution in [0.25, 0.3) is 0 Å². The standard InChI is InChI=1S/C13H18O3/c1-9(14)13(2,3)11-7-6-10(15-4)8-12(11)16-5/h6-8H,1-5H3. The van der Waals surface area contributed by atoms with Gasteiger partial charge in [-0.3, -0.25) is 4.79 Å². The lowest BCUT2D eigenvalue weighted by Gasteiger charge is -2.24. The summed E-state index contributed by atoms with van der Waals surface area (Å²) in [6, 6.07) is 5.50. The summed E-state index contributed by atoms with van der Waals surface area (Å²) in [5.74, 6) is 1.51. The first-order valence-electron chi connectivity index (χ1n) is 5.17. The van der Waals surface area contributed by atoms with Crippen molar-refractivity contribution in [2.45, 2.75) is 26.2 Å². The minimum atomic E-state index is -0.544. The highest BCUT2D eigenvalue weighted by atomic mass is 16.5. The molecule has 0 saturated carbocycles. The van der Waals surface area contributed by atoms with Crippen molar-refractivity contribution in [3.8, 4) is 11.5 Å². The zero-order valence-electron chi connectivity index (χ0n) is 10.5. The van der Waals surface area contributed by atoms with Gasteiger partial charge in [-0.2, -0.15) is 0 Å². The molecule has 0 radical (unpaired) electrons. The van der Waals surface area contributed by atoms with Crippen LogP contribution in [0.3, 0.4) is 0 Å². The molecule has 0 atom stereocenters. The van der Waals surface area contributed by atoms with E-state index in [1.54, 1.807) is 27.2 Å². The highest BCUT2D eigenvalue weighted by Crippen LogP contribution is 2.34. The molecule has 1 aromatic carbocycles. The molecule has 88 valence electrons. The van der Waals surface area contributed by atoms with E-state index in [-0.39, 0.29) is 5.78 Å². The maximum absolute atomic E-state index is 11.6. The summed E-state index contributed by atoms with van der Waals surface area (Å²) in [6.07, 6.45) is 0. The van der Waals surface area contributed by atoms with Crippen LogP contribution in [0.15, 0.2) is 18.2 Å². The zero-order chi connectivity index (χ0) is 12.3. The van der Waals surface area contributed by atoms with Crippen LogP contribution in [0, 0.1) is 0 Å². The third kappa shape index (κ3) is 2.18. The number of Topliss-reactive ketones (excluding diaryl/α,β-unsaturated/α-hetero) is 1. The molecule has 1 aromatic rings. The van der Waals surface area contributed by atoms with Gasteiger partial charge in [-0.05, 0) is 26.8 Å². The topological polar surface area (TPSA) is 35.5 Å². The SMILES string of the molecule is COc1ccc(C(C)(C)C(C)=O)c(OC)c1. The molecule has 0 unspecified atom stereocenters. The number of ketones is 1. The van der Waals surface area contributed by atoms with Crippen molar-refractivity contribution in [3.05, 3.63) is 23.8 Å². The smallest absolute Gasteiger partial charge is 0.139 e. The molecule has 0 aliphatic carbocycles. The second-order valence-electron chi connectivity index (χ2n) is 4.25. The average molecular weight is 222 g/mol. The van der Waals surface area contributed by atoms with Crippen molar-refractivity contribution in [3.63, 3.8) is 0 Å². The number of carbonyl (C=O) groups is 1. The lowest BCUT2D eigenvalue weighted by atomic mass is 9.80. The van der Waals surface area contributed by atoms with Gasteiger partial charge in [0.05, 0.1) is 19.6 Å². The van der Waals surface area contributed by atoms with E-state index < -0.39 is 5.41 Å². The van der Waals surface area contributed by atoms with Crippen molar-refractivity contribution >= 4 is 5.78 Å². The van der Waals surface area contributed by atoms with E-state index in [2.05, 4.69) is 0 Å². The molecule has 0 fully saturated rings. The number of rotatable bonds is 4. The first-order chi connectivity index (χ1) is 7.43. The summed E-state index contributed by atoms with van der Waals surface area (Å²) >= 11 is 0. The Morgan fingerprint density at radius 1 is 1.19 bits per heavy atom. The van der Waals surface area contributed by atoms with Gasteiger partial charge >= 0.3 is 0 Å². The summed E-state index contributed by atoms with van der Waals surface area (Å²) in [4.78, 5) is 11.6. The molecule has 0 spiro atoms. The molecular weight excluding hydrogens is 204 g/mol. The third-order valence-electron chi connectivity index (χ3n) is 2.96. The van der Waals surface area contributed by atoms with E-state index >= 15 is 0 Å². The highest BCUT2D eigenvalue weighted by Gasteiger charge is 2.29. The van der Waals surface area contributed by atoms with Crippen LogP contribution in [0.2, 0.25) is 0 Å². The van der Waals surface area contributed by atoms with E-state index in [1.807, 2.05) is 26.0 Å². The summed E-state index contributed by atoms with van der Waals surface area (Å²) in [5.41, 5.74) is 0.334. The second-order valence-corrected chi connectivity index (χ2v) is 4.25. The van der Waals surface area contributed by atoms with E-state index in [0.717, 1.165) is 11.3 Å². The van der Waals surface area contributed by atoms with E-state index in [9.17, 15) is 4.79 Å². The molecular formula is C13H18O3. The van der Waals surface area contributed by atoms with Crippen LogP contribution in [0.4, 0.5) is 0 Å². The maximum Gasteiger partial charge on any atom is 0.139 e. The summed E-state index contributed by atoms with van der Waals surface area (Å²) in [7, 11) is 3.19. The molecule has 0 aliphatic rings. The number of hydrogen-bond donors (Lipinski definition) is 0. The summed E-state index contributed by atoms with van der Waals surface area (Å²) in [6.45, 7) is 5.36. The van der Waals surface area contributed by atoms with Crippen molar-refractivity contribution in [2.75, 3.05) is 14.2 Å². The number of benzene rings is 1. The zero-order valence-corrected chi connectivity index (χ0v) is 10.5. The van der Waals surface area contributed by atoms with Gasteiger partial charge in [-0.1, -0.05) is 6.07 Å². The minimum Gasteiger partial charge on any atom is -0.497 e.